The Hall–Kier alpha value is -2.11. The van der Waals surface area contributed by atoms with Crippen molar-refractivity contribution < 1.29 is 13.9 Å². The Balaban J connectivity index is 0.00000243. The summed E-state index contributed by atoms with van der Waals surface area (Å²) in [6, 6.07) is 14.3. The number of rotatable bonds is 7. The van der Waals surface area contributed by atoms with E-state index in [9.17, 15) is 9.18 Å². The Kier molecular flexibility index (Phi) is 7.42. The van der Waals surface area contributed by atoms with Crippen LogP contribution < -0.4 is 10.1 Å². The summed E-state index contributed by atoms with van der Waals surface area (Å²) in [6.45, 7) is 1.71. The van der Waals surface area contributed by atoms with Crippen LogP contribution in [0.15, 0.2) is 48.5 Å². The van der Waals surface area contributed by atoms with Crippen molar-refractivity contribution >= 4 is 18.3 Å². The first-order chi connectivity index (χ1) is 12.2. The van der Waals surface area contributed by atoms with Crippen molar-refractivity contribution in [3.8, 4) is 5.75 Å². The monoisotopic (exact) mass is 378 g/mol. The molecular formula is C20H24ClFN2O2. The number of amides is 1. The van der Waals surface area contributed by atoms with Crippen LogP contribution in [-0.2, 0) is 17.8 Å². The number of ether oxygens (including phenoxy) is 1. The van der Waals surface area contributed by atoms with Gasteiger partial charge in [-0.05, 0) is 43.1 Å². The van der Waals surface area contributed by atoms with Crippen molar-refractivity contribution in [3.05, 3.63) is 65.5 Å². The number of hydrogen-bond acceptors (Lipinski definition) is 3. The van der Waals surface area contributed by atoms with Crippen molar-refractivity contribution in [2.45, 2.75) is 25.4 Å². The molecule has 2 aromatic rings. The van der Waals surface area contributed by atoms with E-state index in [4.69, 9.17) is 4.74 Å². The third kappa shape index (κ3) is 4.96. The smallest absolute Gasteiger partial charge is 0.240 e. The molecule has 0 radical (unpaired) electrons. The summed E-state index contributed by atoms with van der Waals surface area (Å²) in [4.78, 5) is 14.4. The predicted molar refractivity (Wildman–Crippen MR) is 102 cm³/mol. The van der Waals surface area contributed by atoms with E-state index < -0.39 is 0 Å². The maximum absolute atomic E-state index is 14.0. The van der Waals surface area contributed by atoms with Crippen LogP contribution in [-0.4, -0.2) is 37.0 Å². The summed E-state index contributed by atoms with van der Waals surface area (Å²) in [7, 11) is 1.63. The number of halogens is 2. The van der Waals surface area contributed by atoms with Crippen molar-refractivity contribution in [3.63, 3.8) is 0 Å². The van der Waals surface area contributed by atoms with E-state index in [1.807, 2.05) is 24.3 Å². The molecule has 0 aliphatic carbocycles. The number of nitrogens with one attached hydrogen (secondary N) is 1. The lowest BCUT2D eigenvalue weighted by Crippen LogP contribution is -2.54. The molecule has 1 unspecified atom stereocenters. The molecule has 3 rings (SSSR count). The van der Waals surface area contributed by atoms with Crippen LogP contribution in [0.4, 0.5) is 4.39 Å². The molecule has 140 valence electrons. The van der Waals surface area contributed by atoms with Gasteiger partial charge >= 0.3 is 0 Å². The SMILES string of the molecule is COc1ccc(CCN(Cc2ccccc2F)C(=O)C2CCN2)cc1.Cl. The summed E-state index contributed by atoms with van der Waals surface area (Å²) in [5.41, 5.74) is 1.67. The molecule has 6 heteroatoms. The average Bonchev–Trinajstić information content (AvgIpc) is 2.59. The zero-order chi connectivity index (χ0) is 17.6. The van der Waals surface area contributed by atoms with Gasteiger partial charge in [-0.1, -0.05) is 30.3 Å². The van der Waals surface area contributed by atoms with Gasteiger partial charge in [0.2, 0.25) is 5.91 Å². The van der Waals surface area contributed by atoms with Crippen molar-refractivity contribution in [1.82, 2.24) is 10.2 Å². The second-order valence-corrected chi connectivity index (χ2v) is 6.24. The molecule has 0 aromatic heterocycles. The Bertz CT molecular complexity index is 720. The lowest BCUT2D eigenvalue weighted by Gasteiger charge is -2.33. The minimum Gasteiger partial charge on any atom is -0.497 e. The van der Waals surface area contributed by atoms with Gasteiger partial charge in [0, 0.05) is 18.7 Å². The summed E-state index contributed by atoms with van der Waals surface area (Å²) in [6.07, 6.45) is 1.56. The van der Waals surface area contributed by atoms with Crippen LogP contribution in [0.3, 0.4) is 0 Å². The summed E-state index contributed by atoms with van der Waals surface area (Å²) in [5.74, 6) is 0.580. The van der Waals surface area contributed by atoms with Crippen LogP contribution in [0.2, 0.25) is 0 Å². The van der Waals surface area contributed by atoms with E-state index in [0.29, 0.717) is 18.7 Å². The quantitative estimate of drug-likeness (QED) is 0.804. The van der Waals surface area contributed by atoms with Gasteiger partial charge in [-0.15, -0.1) is 12.4 Å². The first kappa shape index (κ1) is 20.2. The average molecular weight is 379 g/mol. The molecule has 1 atom stereocenters. The number of nitrogens with zero attached hydrogens (tertiary/aromatic N) is 1. The van der Waals surface area contributed by atoms with Gasteiger partial charge in [0.25, 0.3) is 0 Å². The van der Waals surface area contributed by atoms with Gasteiger partial charge in [0.15, 0.2) is 0 Å². The minimum atomic E-state index is -0.272. The molecule has 1 fully saturated rings. The Morgan fingerprint density at radius 2 is 1.92 bits per heavy atom. The molecule has 1 heterocycles. The normalized spacial score (nSPS) is 15.5. The minimum absolute atomic E-state index is 0. The van der Waals surface area contributed by atoms with Crippen LogP contribution in [0.1, 0.15) is 17.5 Å². The highest BCUT2D eigenvalue weighted by atomic mass is 35.5. The van der Waals surface area contributed by atoms with E-state index >= 15 is 0 Å². The van der Waals surface area contributed by atoms with Crippen molar-refractivity contribution in [1.29, 1.82) is 0 Å². The van der Waals surface area contributed by atoms with Crippen molar-refractivity contribution in [2.24, 2.45) is 0 Å². The molecule has 1 saturated heterocycles. The molecule has 1 N–H and O–H groups in total. The Morgan fingerprint density at radius 3 is 2.50 bits per heavy atom. The molecule has 26 heavy (non-hydrogen) atoms. The zero-order valence-electron chi connectivity index (χ0n) is 14.8. The number of benzene rings is 2. The summed E-state index contributed by atoms with van der Waals surface area (Å²) >= 11 is 0. The largest absolute Gasteiger partial charge is 0.497 e. The first-order valence-corrected chi connectivity index (χ1v) is 8.56. The highest BCUT2D eigenvalue weighted by molar-refractivity contribution is 5.85. The fourth-order valence-electron chi connectivity index (χ4n) is 2.88. The second kappa shape index (κ2) is 9.55. The van der Waals surface area contributed by atoms with Crippen LogP contribution in [0.25, 0.3) is 0 Å². The number of methoxy groups -OCH3 is 1. The first-order valence-electron chi connectivity index (χ1n) is 8.56. The number of carbonyl (C=O) groups excluding carboxylic acids is 1. The number of carbonyl (C=O) groups is 1. The molecule has 2 aromatic carbocycles. The van der Waals surface area contributed by atoms with E-state index in [0.717, 1.165) is 30.7 Å². The molecule has 0 bridgehead atoms. The van der Waals surface area contributed by atoms with Gasteiger partial charge in [0.05, 0.1) is 13.2 Å². The fraction of sp³-hybridized carbons (Fsp3) is 0.350. The van der Waals surface area contributed by atoms with Gasteiger partial charge in [-0.25, -0.2) is 4.39 Å². The molecule has 1 aliphatic rings. The number of hydrogen-bond donors (Lipinski definition) is 1. The van der Waals surface area contributed by atoms with Gasteiger partial charge in [-0.2, -0.15) is 0 Å². The van der Waals surface area contributed by atoms with Crippen LogP contribution in [0.5, 0.6) is 5.75 Å². The van der Waals surface area contributed by atoms with E-state index in [1.54, 1.807) is 30.2 Å². The lowest BCUT2D eigenvalue weighted by atomic mass is 10.0. The predicted octanol–water partition coefficient (Wildman–Crippen LogP) is 3.19. The standard InChI is InChI=1S/C20H23FN2O2.ClH/c1-25-17-8-6-15(7-9-17)11-13-23(20(24)19-10-12-22-19)14-16-4-2-3-5-18(16)21;/h2-9,19,22H,10-14H2,1H3;1H. The molecule has 1 aliphatic heterocycles. The fourth-order valence-corrected chi connectivity index (χ4v) is 2.88. The third-order valence-corrected chi connectivity index (χ3v) is 4.58. The van der Waals surface area contributed by atoms with E-state index in [1.165, 1.54) is 6.07 Å². The van der Waals surface area contributed by atoms with Gasteiger partial charge < -0.3 is 15.0 Å². The molecule has 4 nitrogen and oxygen atoms in total. The van der Waals surface area contributed by atoms with Gasteiger partial charge in [0.1, 0.15) is 11.6 Å². The van der Waals surface area contributed by atoms with E-state index in [2.05, 4.69) is 5.32 Å². The second-order valence-electron chi connectivity index (χ2n) is 6.24. The van der Waals surface area contributed by atoms with E-state index in [-0.39, 0.29) is 30.2 Å². The topological polar surface area (TPSA) is 41.6 Å². The van der Waals surface area contributed by atoms with Crippen molar-refractivity contribution in [2.75, 3.05) is 20.2 Å². The third-order valence-electron chi connectivity index (χ3n) is 4.58. The maximum atomic E-state index is 14.0. The molecule has 0 spiro atoms. The molecule has 0 saturated carbocycles. The molecule has 1 amide bonds. The van der Waals surface area contributed by atoms with Crippen LogP contribution >= 0.6 is 12.4 Å². The lowest BCUT2D eigenvalue weighted by molar-refractivity contribution is -0.135. The maximum Gasteiger partial charge on any atom is 0.240 e. The Labute approximate surface area is 159 Å². The zero-order valence-corrected chi connectivity index (χ0v) is 15.6. The van der Waals surface area contributed by atoms with Gasteiger partial charge in [-0.3, -0.25) is 4.79 Å². The van der Waals surface area contributed by atoms with Crippen LogP contribution in [0, 0.1) is 5.82 Å². The highest BCUT2D eigenvalue weighted by Gasteiger charge is 2.29. The Morgan fingerprint density at radius 1 is 1.23 bits per heavy atom. The summed E-state index contributed by atoms with van der Waals surface area (Å²) in [5, 5.41) is 3.14. The molecular weight excluding hydrogens is 355 g/mol. The summed E-state index contributed by atoms with van der Waals surface area (Å²) < 4.78 is 19.2. The highest BCUT2D eigenvalue weighted by Crippen LogP contribution is 2.16.